The van der Waals surface area contributed by atoms with E-state index in [0.29, 0.717) is 0 Å². The molecule has 1 heterocycles. The molecule has 1 atom stereocenters. The summed E-state index contributed by atoms with van der Waals surface area (Å²) in [5.74, 6) is 0.882. The van der Waals surface area contributed by atoms with E-state index in [1.165, 1.54) is 37.9 Å². The minimum atomic E-state index is -0.288. The minimum absolute atomic E-state index is 0.288. The van der Waals surface area contributed by atoms with E-state index in [2.05, 4.69) is 24.0 Å². The first kappa shape index (κ1) is 13.4. The van der Waals surface area contributed by atoms with Gasteiger partial charge in [0, 0.05) is 6.54 Å². The Labute approximate surface area is 110 Å². The Balaban J connectivity index is 2.03. The van der Waals surface area contributed by atoms with Crippen LogP contribution in [-0.4, -0.2) is 31.6 Å². The van der Waals surface area contributed by atoms with Crippen LogP contribution in [0, 0.1) is 0 Å². The summed E-state index contributed by atoms with van der Waals surface area (Å²) in [5, 5.41) is 0. The van der Waals surface area contributed by atoms with Crippen LogP contribution in [0.25, 0.3) is 0 Å². The van der Waals surface area contributed by atoms with E-state index in [4.69, 9.17) is 10.5 Å². The molecule has 3 nitrogen and oxygen atoms in total. The van der Waals surface area contributed by atoms with Crippen molar-refractivity contribution in [2.75, 3.05) is 26.7 Å². The van der Waals surface area contributed by atoms with Crippen LogP contribution >= 0.6 is 0 Å². The van der Waals surface area contributed by atoms with Crippen LogP contribution in [0.3, 0.4) is 0 Å². The SMILES string of the molecule is COc1ccc(C(C)(N)CN2CCCCC2)cc1. The number of rotatable bonds is 4. The highest BCUT2D eigenvalue weighted by atomic mass is 16.5. The number of ether oxygens (including phenoxy) is 1. The van der Waals surface area contributed by atoms with Gasteiger partial charge in [-0.15, -0.1) is 0 Å². The van der Waals surface area contributed by atoms with Gasteiger partial charge in [0.1, 0.15) is 5.75 Å². The Bertz CT molecular complexity index is 367. The van der Waals surface area contributed by atoms with Gasteiger partial charge < -0.3 is 15.4 Å². The molecule has 0 saturated carbocycles. The molecule has 1 aromatic rings. The zero-order chi connectivity index (χ0) is 13.0. The minimum Gasteiger partial charge on any atom is -0.497 e. The smallest absolute Gasteiger partial charge is 0.118 e. The second-order valence-electron chi connectivity index (χ2n) is 5.48. The standard InChI is InChI=1S/C15H24N2O/c1-15(16,12-17-10-4-3-5-11-17)13-6-8-14(18-2)9-7-13/h6-9H,3-5,10-12,16H2,1-2H3. The van der Waals surface area contributed by atoms with Gasteiger partial charge >= 0.3 is 0 Å². The predicted molar refractivity (Wildman–Crippen MR) is 74.8 cm³/mol. The molecule has 100 valence electrons. The molecule has 1 aliphatic heterocycles. The molecule has 0 radical (unpaired) electrons. The average Bonchev–Trinajstić information content (AvgIpc) is 2.39. The van der Waals surface area contributed by atoms with Crippen molar-refractivity contribution < 1.29 is 4.74 Å². The number of hydrogen-bond acceptors (Lipinski definition) is 3. The topological polar surface area (TPSA) is 38.5 Å². The fourth-order valence-electron chi connectivity index (χ4n) is 2.65. The molecule has 3 heteroatoms. The van der Waals surface area contributed by atoms with Crippen LogP contribution in [0.15, 0.2) is 24.3 Å². The van der Waals surface area contributed by atoms with Crippen molar-refractivity contribution in [1.29, 1.82) is 0 Å². The van der Waals surface area contributed by atoms with Gasteiger partial charge in [-0.25, -0.2) is 0 Å². The van der Waals surface area contributed by atoms with E-state index in [1.807, 2.05) is 12.1 Å². The quantitative estimate of drug-likeness (QED) is 0.889. The van der Waals surface area contributed by atoms with Crippen LogP contribution in [0.5, 0.6) is 5.75 Å². The highest BCUT2D eigenvalue weighted by Gasteiger charge is 2.25. The second-order valence-corrected chi connectivity index (χ2v) is 5.48. The Morgan fingerprint density at radius 1 is 1.17 bits per heavy atom. The van der Waals surface area contributed by atoms with Crippen LogP contribution in [0.1, 0.15) is 31.7 Å². The number of likely N-dealkylation sites (tertiary alicyclic amines) is 1. The van der Waals surface area contributed by atoms with Gasteiger partial charge in [0.15, 0.2) is 0 Å². The van der Waals surface area contributed by atoms with E-state index in [9.17, 15) is 0 Å². The molecule has 2 rings (SSSR count). The zero-order valence-corrected chi connectivity index (χ0v) is 11.5. The van der Waals surface area contributed by atoms with Gasteiger partial charge in [-0.2, -0.15) is 0 Å². The van der Waals surface area contributed by atoms with Crippen molar-refractivity contribution in [3.8, 4) is 5.75 Å². The van der Waals surface area contributed by atoms with Crippen molar-refractivity contribution in [1.82, 2.24) is 4.90 Å². The lowest BCUT2D eigenvalue weighted by atomic mass is 9.92. The fraction of sp³-hybridized carbons (Fsp3) is 0.600. The van der Waals surface area contributed by atoms with Gasteiger partial charge in [-0.1, -0.05) is 18.6 Å². The van der Waals surface area contributed by atoms with Crippen molar-refractivity contribution in [3.05, 3.63) is 29.8 Å². The summed E-state index contributed by atoms with van der Waals surface area (Å²) in [6, 6.07) is 8.11. The molecule has 2 N–H and O–H groups in total. The van der Waals surface area contributed by atoms with Crippen molar-refractivity contribution in [2.45, 2.75) is 31.7 Å². The number of piperidine rings is 1. The average molecular weight is 248 g/mol. The molecule has 18 heavy (non-hydrogen) atoms. The summed E-state index contributed by atoms with van der Waals surface area (Å²) in [5.41, 5.74) is 7.36. The number of hydrogen-bond donors (Lipinski definition) is 1. The molecule has 0 aromatic heterocycles. The molecule has 0 spiro atoms. The van der Waals surface area contributed by atoms with Crippen LogP contribution in [0.2, 0.25) is 0 Å². The Hall–Kier alpha value is -1.06. The highest BCUT2D eigenvalue weighted by molar-refractivity contribution is 5.31. The number of benzene rings is 1. The second kappa shape index (κ2) is 5.72. The van der Waals surface area contributed by atoms with Gasteiger partial charge in [0.2, 0.25) is 0 Å². The maximum Gasteiger partial charge on any atom is 0.118 e. The normalized spacial score (nSPS) is 20.4. The fourth-order valence-corrected chi connectivity index (χ4v) is 2.65. The highest BCUT2D eigenvalue weighted by Crippen LogP contribution is 2.23. The van der Waals surface area contributed by atoms with Gasteiger partial charge in [-0.3, -0.25) is 0 Å². The third kappa shape index (κ3) is 3.24. The van der Waals surface area contributed by atoms with Gasteiger partial charge in [-0.05, 0) is 50.6 Å². The molecular weight excluding hydrogens is 224 g/mol. The lowest BCUT2D eigenvalue weighted by molar-refractivity contribution is 0.185. The van der Waals surface area contributed by atoms with Crippen molar-refractivity contribution in [3.63, 3.8) is 0 Å². The molecule has 0 amide bonds. The predicted octanol–water partition coefficient (Wildman–Crippen LogP) is 2.36. The third-order valence-corrected chi connectivity index (χ3v) is 3.75. The number of nitrogens with zero attached hydrogens (tertiary/aromatic N) is 1. The first-order valence-corrected chi connectivity index (χ1v) is 6.77. The molecule has 1 fully saturated rings. The summed E-state index contributed by atoms with van der Waals surface area (Å²) >= 11 is 0. The monoisotopic (exact) mass is 248 g/mol. The lowest BCUT2D eigenvalue weighted by Gasteiger charge is -2.35. The van der Waals surface area contributed by atoms with E-state index < -0.39 is 0 Å². The first-order chi connectivity index (χ1) is 8.62. The Kier molecular flexibility index (Phi) is 4.25. The maximum atomic E-state index is 6.48. The largest absolute Gasteiger partial charge is 0.497 e. The van der Waals surface area contributed by atoms with Crippen LogP contribution in [0.4, 0.5) is 0 Å². The van der Waals surface area contributed by atoms with Crippen molar-refractivity contribution in [2.24, 2.45) is 5.73 Å². The molecule has 1 unspecified atom stereocenters. The molecular formula is C15H24N2O. The van der Waals surface area contributed by atoms with Gasteiger partial charge in [0.05, 0.1) is 12.6 Å². The van der Waals surface area contributed by atoms with Crippen LogP contribution in [-0.2, 0) is 5.54 Å². The third-order valence-electron chi connectivity index (χ3n) is 3.75. The molecule has 1 saturated heterocycles. The summed E-state index contributed by atoms with van der Waals surface area (Å²) in [4.78, 5) is 2.48. The summed E-state index contributed by atoms with van der Waals surface area (Å²) in [6.07, 6.45) is 3.97. The first-order valence-electron chi connectivity index (χ1n) is 6.77. The molecule has 1 aromatic carbocycles. The zero-order valence-electron chi connectivity index (χ0n) is 11.5. The van der Waals surface area contributed by atoms with Gasteiger partial charge in [0.25, 0.3) is 0 Å². The summed E-state index contributed by atoms with van der Waals surface area (Å²) in [6.45, 7) is 5.41. The van der Waals surface area contributed by atoms with E-state index in [-0.39, 0.29) is 5.54 Å². The summed E-state index contributed by atoms with van der Waals surface area (Å²) in [7, 11) is 1.68. The van der Waals surface area contributed by atoms with Crippen molar-refractivity contribution >= 4 is 0 Å². The lowest BCUT2D eigenvalue weighted by Crippen LogP contribution is -2.46. The number of nitrogens with two attached hydrogens (primary N) is 1. The molecule has 0 aliphatic carbocycles. The van der Waals surface area contributed by atoms with E-state index in [1.54, 1.807) is 7.11 Å². The van der Waals surface area contributed by atoms with E-state index in [0.717, 1.165) is 12.3 Å². The molecule has 1 aliphatic rings. The van der Waals surface area contributed by atoms with E-state index >= 15 is 0 Å². The molecule has 0 bridgehead atoms. The Morgan fingerprint density at radius 3 is 2.33 bits per heavy atom. The van der Waals surface area contributed by atoms with Crippen LogP contribution < -0.4 is 10.5 Å². The summed E-state index contributed by atoms with van der Waals surface area (Å²) < 4.78 is 5.18. The maximum absolute atomic E-state index is 6.48. The Morgan fingerprint density at radius 2 is 1.78 bits per heavy atom. The number of methoxy groups -OCH3 is 1.